The number of nitrogens with one attached hydrogen (secondary N) is 1. The average Bonchev–Trinajstić information content (AvgIpc) is 2.73. The number of hydrogen-bond donors (Lipinski definition) is 1. The van der Waals surface area contributed by atoms with Crippen LogP contribution in [0.3, 0.4) is 0 Å². The van der Waals surface area contributed by atoms with Crippen molar-refractivity contribution < 1.29 is 4.39 Å². The summed E-state index contributed by atoms with van der Waals surface area (Å²) in [5.41, 5.74) is 0. The minimum absolute atomic E-state index is 0.440. The lowest BCUT2D eigenvalue weighted by Gasteiger charge is -2.11. The molecule has 1 aliphatic heterocycles. The molecule has 1 aliphatic carbocycles. The van der Waals surface area contributed by atoms with Gasteiger partial charge in [0.2, 0.25) is 0 Å². The van der Waals surface area contributed by atoms with Crippen molar-refractivity contribution in [3.63, 3.8) is 0 Å². The highest BCUT2D eigenvalue weighted by Crippen LogP contribution is 2.37. The van der Waals surface area contributed by atoms with Gasteiger partial charge in [-0.05, 0) is 50.6 Å². The molecule has 1 N–H and O–H groups in total. The largest absolute Gasteiger partial charge is 0.316 e. The highest BCUT2D eigenvalue weighted by atomic mass is 19.1. The highest BCUT2D eigenvalue weighted by Gasteiger charge is 2.33. The molecule has 0 radical (unpaired) electrons. The topological polar surface area (TPSA) is 12.0 Å². The van der Waals surface area contributed by atoms with Crippen molar-refractivity contribution in [3.05, 3.63) is 0 Å². The molecule has 0 aromatic heterocycles. The fourth-order valence-electron chi connectivity index (χ4n) is 1.88. The molecule has 0 bridgehead atoms. The number of alkyl halides is 1. The van der Waals surface area contributed by atoms with E-state index in [4.69, 9.17) is 0 Å². The van der Waals surface area contributed by atoms with Gasteiger partial charge in [-0.2, -0.15) is 0 Å². The van der Waals surface area contributed by atoms with Gasteiger partial charge < -0.3 is 5.32 Å². The van der Waals surface area contributed by atoms with E-state index in [9.17, 15) is 4.39 Å². The Balaban J connectivity index is 1.70. The first kappa shape index (κ1) is 7.53. The van der Waals surface area contributed by atoms with Gasteiger partial charge in [-0.15, -0.1) is 0 Å². The Kier molecular flexibility index (Phi) is 2.12. The molecular formula is C9H16FN. The molecule has 2 fully saturated rings. The second-order valence-corrected chi connectivity index (χ2v) is 3.95. The summed E-state index contributed by atoms with van der Waals surface area (Å²) in [7, 11) is 0. The number of halogens is 1. The van der Waals surface area contributed by atoms with Crippen LogP contribution in [0.1, 0.15) is 25.7 Å². The Morgan fingerprint density at radius 1 is 1.36 bits per heavy atom. The average molecular weight is 157 g/mol. The summed E-state index contributed by atoms with van der Waals surface area (Å²) in [4.78, 5) is 0. The van der Waals surface area contributed by atoms with Crippen LogP contribution in [0.2, 0.25) is 0 Å². The van der Waals surface area contributed by atoms with E-state index in [2.05, 4.69) is 5.32 Å². The fraction of sp³-hybridized carbons (Fsp3) is 1.00. The lowest BCUT2D eigenvalue weighted by atomic mass is 9.99. The Hall–Kier alpha value is -0.110. The molecule has 2 rings (SSSR count). The van der Waals surface area contributed by atoms with Crippen molar-refractivity contribution in [1.29, 1.82) is 0 Å². The summed E-state index contributed by atoms with van der Waals surface area (Å²) in [5, 5.41) is 3.27. The molecule has 2 atom stereocenters. The molecule has 2 heteroatoms. The van der Waals surface area contributed by atoms with Gasteiger partial charge in [0.25, 0.3) is 0 Å². The highest BCUT2D eigenvalue weighted by molar-refractivity contribution is 4.84. The predicted molar refractivity (Wildman–Crippen MR) is 43.2 cm³/mol. The van der Waals surface area contributed by atoms with Gasteiger partial charge >= 0.3 is 0 Å². The smallest absolute Gasteiger partial charge is 0.103 e. The van der Waals surface area contributed by atoms with Crippen molar-refractivity contribution in [1.82, 2.24) is 5.32 Å². The van der Waals surface area contributed by atoms with E-state index < -0.39 is 6.17 Å². The molecule has 1 saturated heterocycles. The minimum atomic E-state index is -0.486. The van der Waals surface area contributed by atoms with Crippen LogP contribution >= 0.6 is 0 Å². The second kappa shape index (κ2) is 3.10. The van der Waals surface area contributed by atoms with Crippen molar-refractivity contribution in [2.75, 3.05) is 13.1 Å². The molecule has 0 amide bonds. The van der Waals surface area contributed by atoms with Crippen LogP contribution in [0.15, 0.2) is 0 Å². The molecule has 0 aromatic rings. The van der Waals surface area contributed by atoms with Gasteiger partial charge in [0, 0.05) is 0 Å². The monoisotopic (exact) mass is 157 g/mol. The third-order valence-electron chi connectivity index (χ3n) is 2.85. The van der Waals surface area contributed by atoms with Crippen LogP contribution in [0.4, 0.5) is 4.39 Å². The lowest BCUT2D eigenvalue weighted by Crippen LogP contribution is -2.14. The Morgan fingerprint density at radius 2 is 2.18 bits per heavy atom. The standard InChI is InChI=1S/C9H16FN/c10-9(8-1-2-8)5-7-3-4-11-6-7/h7-9,11H,1-6H2. The number of hydrogen-bond acceptors (Lipinski definition) is 1. The molecule has 0 spiro atoms. The van der Waals surface area contributed by atoms with Gasteiger partial charge in [-0.1, -0.05) is 0 Å². The Labute approximate surface area is 67.4 Å². The molecule has 1 heterocycles. The van der Waals surface area contributed by atoms with Crippen molar-refractivity contribution in [2.24, 2.45) is 11.8 Å². The zero-order chi connectivity index (χ0) is 7.68. The molecule has 1 saturated carbocycles. The maximum atomic E-state index is 13.2. The molecule has 1 nitrogen and oxygen atoms in total. The molecule has 2 aliphatic rings. The lowest BCUT2D eigenvalue weighted by molar-refractivity contribution is 0.245. The summed E-state index contributed by atoms with van der Waals surface area (Å²) in [6, 6.07) is 0. The van der Waals surface area contributed by atoms with E-state index in [1.807, 2.05) is 0 Å². The van der Waals surface area contributed by atoms with Gasteiger partial charge in [-0.3, -0.25) is 0 Å². The van der Waals surface area contributed by atoms with Crippen LogP contribution in [-0.2, 0) is 0 Å². The van der Waals surface area contributed by atoms with E-state index in [0.717, 1.165) is 32.4 Å². The Morgan fingerprint density at radius 3 is 2.73 bits per heavy atom. The van der Waals surface area contributed by atoms with E-state index in [1.165, 1.54) is 6.42 Å². The molecule has 0 aromatic carbocycles. The predicted octanol–water partition coefficient (Wildman–Crippen LogP) is 1.73. The van der Waals surface area contributed by atoms with Crippen molar-refractivity contribution in [3.8, 4) is 0 Å². The first-order chi connectivity index (χ1) is 5.36. The summed E-state index contributed by atoms with van der Waals surface area (Å²) in [6.07, 6.45) is 3.80. The normalized spacial score (nSPS) is 34.1. The molecule has 2 unspecified atom stereocenters. The Bertz CT molecular complexity index is 128. The van der Waals surface area contributed by atoms with E-state index >= 15 is 0 Å². The first-order valence-electron chi connectivity index (χ1n) is 4.71. The molecule has 64 valence electrons. The van der Waals surface area contributed by atoms with Crippen molar-refractivity contribution in [2.45, 2.75) is 31.9 Å². The van der Waals surface area contributed by atoms with Crippen LogP contribution in [0, 0.1) is 11.8 Å². The maximum absolute atomic E-state index is 13.2. The summed E-state index contributed by atoms with van der Waals surface area (Å²) in [5.74, 6) is 1.07. The van der Waals surface area contributed by atoms with E-state index in [-0.39, 0.29) is 0 Å². The minimum Gasteiger partial charge on any atom is -0.316 e. The maximum Gasteiger partial charge on any atom is 0.103 e. The van der Waals surface area contributed by atoms with Crippen LogP contribution < -0.4 is 5.32 Å². The van der Waals surface area contributed by atoms with E-state index in [0.29, 0.717) is 11.8 Å². The second-order valence-electron chi connectivity index (χ2n) is 3.95. The van der Waals surface area contributed by atoms with Gasteiger partial charge in [0.05, 0.1) is 0 Å². The summed E-state index contributed by atoms with van der Waals surface area (Å²) in [6.45, 7) is 2.15. The fourth-order valence-corrected chi connectivity index (χ4v) is 1.88. The molecule has 11 heavy (non-hydrogen) atoms. The summed E-state index contributed by atoms with van der Waals surface area (Å²) >= 11 is 0. The van der Waals surface area contributed by atoms with Gasteiger partial charge in [-0.25, -0.2) is 4.39 Å². The van der Waals surface area contributed by atoms with Crippen LogP contribution in [0.25, 0.3) is 0 Å². The third-order valence-corrected chi connectivity index (χ3v) is 2.85. The zero-order valence-electron chi connectivity index (χ0n) is 6.85. The van der Waals surface area contributed by atoms with E-state index in [1.54, 1.807) is 0 Å². The van der Waals surface area contributed by atoms with Gasteiger partial charge in [0.1, 0.15) is 6.17 Å². The third kappa shape index (κ3) is 1.92. The first-order valence-corrected chi connectivity index (χ1v) is 4.71. The van der Waals surface area contributed by atoms with Crippen LogP contribution in [-0.4, -0.2) is 19.3 Å². The molecular weight excluding hydrogens is 141 g/mol. The quantitative estimate of drug-likeness (QED) is 0.658. The van der Waals surface area contributed by atoms with Gasteiger partial charge in [0.15, 0.2) is 0 Å². The van der Waals surface area contributed by atoms with Crippen LogP contribution in [0.5, 0.6) is 0 Å². The summed E-state index contributed by atoms with van der Waals surface area (Å²) < 4.78 is 13.2. The zero-order valence-corrected chi connectivity index (χ0v) is 6.85. The SMILES string of the molecule is FC(CC1CCNC1)C1CC1. The van der Waals surface area contributed by atoms with Crippen molar-refractivity contribution >= 4 is 0 Å². The number of rotatable bonds is 3.